The number of carbonyl (C=O) groups is 2. The van der Waals surface area contributed by atoms with Crippen molar-refractivity contribution >= 4 is 11.7 Å². The second-order valence-electron chi connectivity index (χ2n) is 10.7. The first kappa shape index (κ1) is 21.9. The summed E-state index contributed by atoms with van der Waals surface area (Å²) >= 11 is 0. The summed E-state index contributed by atoms with van der Waals surface area (Å²) in [5.74, 6) is 1.57. The minimum atomic E-state index is -0.162. The Morgan fingerprint density at radius 3 is 2.72 bits per heavy atom. The average molecular weight is 436 g/mol. The number of carbonyl (C=O) groups excluding carboxylic acids is 2. The van der Waals surface area contributed by atoms with Gasteiger partial charge in [0.2, 0.25) is 5.91 Å². The molecule has 32 heavy (non-hydrogen) atoms. The van der Waals surface area contributed by atoms with E-state index in [2.05, 4.69) is 42.2 Å². The summed E-state index contributed by atoms with van der Waals surface area (Å²) in [7, 11) is 0. The number of ketones is 1. The fraction of sp³-hybridized carbons (Fsp3) is 0.643. The molecule has 172 valence electrons. The summed E-state index contributed by atoms with van der Waals surface area (Å²) in [4.78, 5) is 28.0. The molecule has 1 amide bonds. The Labute approximate surface area is 192 Å². The van der Waals surface area contributed by atoms with Gasteiger partial charge in [0.05, 0.1) is 24.7 Å². The molecule has 4 aliphatic rings. The number of allylic oxidation sites excluding steroid dienone is 1. The Balaban J connectivity index is 1.35. The Hall–Kier alpha value is -1.94. The van der Waals surface area contributed by atoms with E-state index in [-0.39, 0.29) is 35.6 Å². The lowest BCUT2D eigenvalue weighted by Gasteiger charge is -2.56. The van der Waals surface area contributed by atoms with Crippen LogP contribution >= 0.6 is 0 Å². The zero-order valence-electron chi connectivity index (χ0n) is 19.5. The number of hydrogen-bond acceptors (Lipinski definition) is 3. The van der Waals surface area contributed by atoms with E-state index in [1.54, 1.807) is 6.92 Å². The van der Waals surface area contributed by atoms with Crippen molar-refractivity contribution in [3.05, 3.63) is 47.5 Å². The van der Waals surface area contributed by atoms with Crippen LogP contribution in [0.1, 0.15) is 70.8 Å². The van der Waals surface area contributed by atoms with Gasteiger partial charge in [-0.1, -0.05) is 36.4 Å². The zero-order valence-corrected chi connectivity index (χ0v) is 19.5. The Kier molecular flexibility index (Phi) is 6.24. The monoisotopic (exact) mass is 435 g/mol. The second-order valence-corrected chi connectivity index (χ2v) is 10.7. The lowest BCUT2D eigenvalue weighted by molar-refractivity contribution is -0.151. The number of hydrogen-bond donors (Lipinski definition) is 0. The standard InChI is InChI=1S/C28H37NO3/c1-18-7-6-10-26-24-13-11-21-16-22(32-17-20-8-4-3-5-9-20)12-14-23(21)27(24)25(15-19(2)30)28(31)29(18)26/h3-5,8-9,13,18,21-23,25-27H,6-7,10-12,14-17H2,1-2H3/t18-,21+,22+,23+,25-,26-,27-/m0/s1. The van der Waals surface area contributed by atoms with E-state index in [0.717, 1.165) is 38.5 Å². The number of rotatable bonds is 5. The third-order valence-electron chi connectivity index (χ3n) is 8.63. The molecule has 3 fully saturated rings. The van der Waals surface area contributed by atoms with Gasteiger partial charge in [0.1, 0.15) is 5.78 Å². The highest BCUT2D eigenvalue weighted by Crippen LogP contribution is 2.53. The van der Waals surface area contributed by atoms with Crippen molar-refractivity contribution in [3.63, 3.8) is 0 Å². The third-order valence-corrected chi connectivity index (χ3v) is 8.63. The number of ether oxygens (including phenoxy) is 1. The first-order chi connectivity index (χ1) is 15.5. The Morgan fingerprint density at radius 1 is 1.12 bits per heavy atom. The number of benzene rings is 1. The molecule has 4 nitrogen and oxygen atoms in total. The van der Waals surface area contributed by atoms with Crippen LogP contribution in [0.5, 0.6) is 0 Å². The molecule has 0 unspecified atom stereocenters. The molecule has 5 rings (SSSR count). The van der Waals surface area contributed by atoms with Crippen molar-refractivity contribution in [2.45, 2.75) is 90.0 Å². The third kappa shape index (κ3) is 4.07. The topological polar surface area (TPSA) is 46.6 Å². The van der Waals surface area contributed by atoms with Crippen molar-refractivity contribution in [2.75, 3.05) is 0 Å². The Morgan fingerprint density at radius 2 is 1.94 bits per heavy atom. The molecule has 2 aliphatic carbocycles. The number of fused-ring (bicyclic) bond motifs is 5. The molecule has 0 spiro atoms. The summed E-state index contributed by atoms with van der Waals surface area (Å²) in [5, 5.41) is 0. The quantitative estimate of drug-likeness (QED) is 0.589. The lowest BCUT2D eigenvalue weighted by atomic mass is 9.57. The van der Waals surface area contributed by atoms with Crippen LogP contribution in [0.2, 0.25) is 0 Å². The summed E-state index contributed by atoms with van der Waals surface area (Å²) in [6, 6.07) is 11.0. The van der Waals surface area contributed by atoms with E-state index >= 15 is 0 Å². The van der Waals surface area contributed by atoms with E-state index in [9.17, 15) is 9.59 Å². The van der Waals surface area contributed by atoms with E-state index < -0.39 is 0 Å². The first-order valence-electron chi connectivity index (χ1n) is 12.7. The second kappa shape index (κ2) is 9.13. The molecule has 4 heteroatoms. The van der Waals surface area contributed by atoms with Crippen LogP contribution in [0, 0.1) is 23.7 Å². The molecule has 0 aromatic heterocycles. The molecular formula is C28H37NO3. The molecular weight excluding hydrogens is 398 g/mol. The van der Waals surface area contributed by atoms with Crippen LogP contribution in [0.15, 0.2) is 42.0 Å². The van der Waals surface area contributed by atoms with Crippen LogP contribution in [0.4, 0.5) is 0 Å². The zero-order chi connectivity index (χ0) is 22.2. The summed E-state index contributed by atoms with van der Waals surface area (Å²) in [5.41, 5.74) is 2.72. The van der Waals surface area contributed by atoms with Gasteiger partial charge in [0.15, 0.2) is 0 Å². The van der Waals surface area contributed by atoms with Gasteiger partial charge in [-0.25, -0.2) is 0 Å². The molecule has 1 saturated carbocycles. The van der Waals surface area contributed by atoms with Gasteiger partial charge in [-0.3, -0.25) is 4.79 Å². The molecule has 1 aromatic carbocycles. The minimum absolute atomic E-state index is 0.146. The predicted molar refractivity (Wildman–Crippen MR) is 125 cm³/mol. The highest BCUT2D eigenvalue weighted by molar-refractivity contribution is 5.88. The SMILES string of the molecule is CC(=O)C[C@@H]1C(=O)N2[C@@H](C)CCC[C@H]2C2=CC[C@@H]3C[C@H](OCc4ccccc4)CC[C@H]3[C@@H]21. The predicted octanol–water partition coefficient (Wildman–Crippen LogP) is 5.31. The molecule has 0 N–H and O–H groups in total. The van der Waals surface area contributed by atoms with E-state index in [1.165, 1.54) is 17.6 Å². The van der Waals surface area contributed by atoms with Crippen molar-refractivity contribution in [3.8, 4) is 0 Å². The molecule has 2 aliphatic heterocycles. The van der Waals surface area contributed by atoms with Gasteiger partial charge >= 0.3 is 0 Å². The van der Waals surface area contributed by atoms with Gasteiger partial charge < -0.3 is 14.4 Å². The smallest absolute Gasteiger partial charge is 0.227 e. The van der Waals surface area contributed by atoms with Gasteiger partial charge in [-0.2, -0.15) is 0 Å². The van der Waals surface area contributed by atoms with E-state index in [0.29, 0.717) is 31.0 Å². The van der Waals surface area contributed by atoms with Crippen LogP contribution in [-0.2, 0) is 20.9 Å². The molecule has 2 heterocycles. The van der Waals surface area contributed by atoms with Gasteiger partial charge in [-0.05, 0) is 87.7 Å². The van der Waals surface area contributed by atoms with Crippen molar-refractivity contribution in [1.82, 2.24) is 4.90 Å². The van der Waals surface area contributed by atoms with Crippen LogP contribution < -0.4 is 0 Å². The van der Waals surface area contributed by atoms with Crippen molar-refractivity contribution < 1.29 is 14.3 Å². The fourth-order valence-electron chi connectivity index (χ4n) is 7.25. The number of piperidine rings is 2. The van der Waals surface area contributed by atoms with E-state index in [1.807, 2.05) is 6.07 Å². The number of nitrogens with zero attached hydrogens (tertiary/aromatic N) is 1. The summed E-state index contributed by atoms with van der Waals surface area (Å²) in [6.07, 6.45) is 10.9. The Bertz CT molecular complexity index is 878. The maximum atomic E-state index is 13.7. The van der Waals surface area contributed by atoms with Gasteiger partial charge in [0.25, 0.3) is 0 Å². The highest BCUT2D eigenvalue weighted by Gasteiger charge is 2.53. The van der Waals surface area contributed by atoms with E-state index in [4.69, 9.17) is 4.74 Å². The maximum Gasteiger partial charge on any atom is 0.227 e. The molecule has 7 atom stereocenters. The van der Waals surface area contributed by atoms with Crippen molar-refractivity contribution in [1.29, 1.82) is 0 Å². The average Bonchev–Trinajstić information content (AvgIpc) is 2.80. The largest absolute Gasteiger partial charge is 0.374 e. The number of Topliss-reactive ketones (excluding diaryl/α,β-unsaturated/α-hetero) is 1. The van der Waals surface area contributed by atoms with Crippen LogP contribution in [0.3, 0.4) is 0 Å². The molecule has 0 bridgehead atoms. The first-order valence-corrected chi connectivity index (χ1v) is 12.7. The lowest BCUT2D eigenvalue weighted by Crippen LogP contribution is -2.60. The van der Waals surface area contributed by atoms with Crippen molar-refractivity contribution in [2.24, 2.45) is 23.7 Å². The molecule has 1 aromatic rings. The normalized spacial score (nSPS) is 36.6. The van der Waals surface area contributed by atoms with Gasteiger partial charge in [-0.15, -0.1) is 0 Å². The fourth-order valence-corrected chi connectivity index (χ4v) is 7.25. The molecule has 0 radical (unpaired) electrons. The number of amides is 1. The summed E-state index contributed by atoms with van der Waals surface area (Å²) in [6.45, 7) is 4.52. The maximum absolute atomic E-state index is 13.7. The summed E-state index contributed by atoms with van der Waals surface area (Å²) < 4.78 is 6.32. The van der Waals surface area contributed by atoms with Crippen LogP contribution in [-0.4, -0.2) is 34.8 Å². The molecule has 2 saturated heterocycles. The highest BCUT2D eigenvalue weighted by atomic mass is 16.5. The van der Waals surface area contributed by atoms with Crippen LogP contribution in [0.25, 0.3) is 0 Å². The van der Waals surface area contributed by atoms with Gasteiger partial charge in [0, 0.05) is 12.5 Å². The minimum Gasteiger partial charge on any atom is -0.374 e.